The van der Waals surface area contributed by atoms with Crippen molar-refractivity contribution in [3.8, 4) is 0 Å². The van der Waals surface area contributed by atoms with Crippen molar-refractivity contribution < 1.29 is 14.3 Å². The molecular weight excluding hydrogens is 291 g/mol. The first-order valence-corrected chi connectivity index (χ1v) is 7.16. The zero-order chi connectivity index (χ0) is 15.0. The van der Waals surface area contributed by atoms with Gasteiger partial charge in [0.1, 0.15) is 5.82 Å². The fourth-order valence-corrected chi connectivity index (χ4v) is 3.37. The molecule has 1 atom stereocenters. The van der Waals surface area contributed by atoms with E-state index in [-0.39, 0.29) is 6.42 Å². The van der Waals surface area contributed by atoms with Crippen LogP contribution in [-0.4, -0.2) is 11.1 Å². The van der Waals surface area contributed by atoms with Crippen LogP contribution in [0.25, 0.3) is 0 Å². The van der Waals surface area contributed by atoms with Crippen LogP contribution in [0.3, 0.4) is 0 Å². The molecule has 0 aromatic heterocycles. The maximum Gasteiger partial charge on any atom is 0.314 e. The van der Waals surface area contributed by atoms with E-state index in [9.17, 15) is 14.3 Å². The van der Waals surface area contributed by atoms with E-state index in [1.54, 1.807) is 0 Å². The average Bonchev–Trinajstić information content (AvgIpc) is 2.83. The number of rotatable bonds is 3. The Morgan fingerprint density at radius 1 is 1.29 bits per heavy atom. The number of carboxylic acid groups (broad SMARTS) is 1. The Labute approximate surface area is 127 Å². The van der Waals surface area contributed by atoms with E-state index in [0.29, 0.717) is 23.4 Å². The first kappa shape index (κ1) is 14.1. The topological polar surface area (TPSA) is 37.3 Å². The van der Waals surface area contributed by atoms with Crippen molar-refractivity contribution in [2.45, 2.75) is 24.7 Å². The molecule has 0 radical (unpaired) electrons. The minimum absolute atomic E-state index is 0.117. The predicted octanol–water partition coefficient (Wildman–Crippen LogP) is 3.99. The highest BCUT2D eigenvalue weighted by molar-refractivity contribution is 6.30. The summed E-state index contributed by atoms with van der Waals surface area (Å²) < 4.78 is 14.0. The van der Waals surface area contributed by atoms with Gasteiger partial charge in [0.05, 0.1) is 5.41 Å². The van der Waals surface area contributed by atoms with E-state index in [2.05, 4.69) is 0 Å². The van der Waals surface area contributed by atoms with Crippen molar-refractivity contribution >= 4 is 17.6 Å². The average molecular weight is 305 g/mol. The van der Waals surface area contributed by atoms with Crippen LogP contribution >= 0.6 is 11.6 Å². The molecule has 3 rings (SSSR count). The van der Waals surface area contributed by atoms with Crippen molar-refractivity contribution in [1.82, 2.24) is 0 Å². The second-order valence-corrected chi connectivity index (χ2v) is 5.89. The van der Waals surface area contributed by atoms with Gasteiger partial charge in [0.25, 0.3) is 0 Å². The largest absolute Gasteiger partial charge is 0.481 e. The van der Waals surface area contributed by atoms with Crippen molar-refractivity contribution in [2.75, 3.05) is 0 Å². The Balaban J connectivity index is 2.09. The van der Waals surface area contributed by atoms with Crippen LogP contribution < -0.4 is 0 Å². The number of carbonyl (C=O) groups is 1. The third-order valence-corrected chi connectivity index (χ3v) is 4.50. The fraction of sp³-hybridized carbons (Fsp3) is 0.235. The lowest BCUT2D eigenvalue weighted by atomic mass is 9.76. The van der Waals surface area contributed by atoms with Crippen LogP contribution in [0.2, 0.25) is 5.02 Å². The summed E-state index contributed by atoms with van der Waals surface area (Å²) in [5.74, 6) is -1.32. The summed E-state index contributed by atoms with van der Waals surface area (Å²) in [6.45, 7) is 0. The lowest BCUT2D eigenvalue weighted by Gasteiger charge is -2.26. The van der Waals surface area contributed by atoms with Crippen molar-refractivity contribution in [3.05, 3.63) is 70.0 Å². The highest BCUT2D eigenvalue weighted by Gasteiger charge is 2.45. The van der Waals surface area contributed by atoms with Crippen molar-refractivity contribution in [1.29, 1.82) is 0 Å². The molecule has 2 aromatic rings. The van der Waals surface area contributed by atoms with Gasteiger partial charge in [-0.25, -0.2) is 4.39 Å². The van der Waals surface area contributed by atoms with E-state index >= 15 is 0 Å². The molecule has 1 unspecified atom stereocenters. The summed E-state index contributed by atoms with van der Waals surface area (Å²) >= 11 is 5.91. The smallest absolute Gasteiger partial charge is 0.314 e. The van der Waals surface area contributed by atoms with E-state index < -0.39 is 17.2 Å². The van der Waals surface area contributed by atoms with Crippen LogP contribution in [0.5, 0.6) is 0 Å². The van der Waals surface area contributed by atoms with E-state index in [4.69, 9.17) is 11.6 Å². The molecule has 1 N–H and O–H groups in total. The quantitative estimate of drug-likeness (QED) is 0.931. The number of fused-ring (bicyclic) bond motifs is 1. The Morgan fingerprint density at radius 2 is 2.05 bits per heavy atom. The number of benzene rings is 2. The van der Waals surface area contributed by atoms with Gasteiger partial charge in [-0.3, -0.25) is 4.79 Å². The number of hydrogen-bond acceptors (Lipinski definition) is 1. The lowest BCUT2D eigenvalue weighted by Crippen LogP contribution is -2.36. The van der Waals surface area contributed by atoms with Crippen LogP contribution in [0.1, 0.15) is 23.1 Å². The van der Waals surface area contributed by atoms with E-state index in [0.717, 1.165) is 11.1 Å². The van der Waals surface area contributed by atoms with Gasteiger partial charge in [0, 0.05) is 5.02 Å². The Morgan fingerprint density at radius 3 is 2.81 bits per heavy atom. The summed E-state index contributed by atoms with van der Waals surface area (Å²) in [5, 5.41) is 10.2. The molecule has 0 saturated carbocycles. The number of aliphatic carboxylic acids is 1. The van der Waals surface area contributed by atoms with Crippen molar-refractivity contribution in [3.63, 3.8) is 0 Å². The van der Waals surface area contributed by atoms with Gasteiger partial charge in [-0.1, -0.05) is 35.9 Å². The second kappa shape index (κ2) is 5.15. The minimum atomic E-state index is -1.07. The normalized spacial score (nSPS) is 20.3. The molecule has 1 aliphatic rings. The summed E-state index contributed by atoms with van der Waals surface area (Å²) in [5.41, 5.74) is 1.10. The van der Waals surface area contributed by atoms with E-state index in [1.165, 1.54) is 18.2 Å². The number of hydrogen-bond donors (Lipinski definition) is 1. The molecular formula is C17H14ClFO2. The van der Waals surface area contributed by atoms with Gasteiger partial charge in [-0.2, -0.15) is 0 Å². The molecule has 21 heavy (non-hydrogen) atoms. The first-order chi connectivity index (χ1) is 10.0. The Bertz CT molecular complexity index is 714. The number of halogens is 2. The molecule has 0 spiro atoms. The van der Waals surface area contributed by atoms with Gasteiger partial charge >= 0.3 is 5.97 Å². The monoisotopic (exact) mass is 304 g/mol. The van der Waals surface area contributed by atoms with Gasteiger partial charge in [0.15, 0.2) is 0 Å². The summed E-state index contributed by atoms with van der Waals surface area (Å²) in [7, 11) is 0. The van der Waals surface area contributed by atoms with Crippen LogP contribution in [0, 0.1) is 5.82 Å². The second-order valence-electron chi connectivity index (χ2n) is 5.46. The molecule has 0 aliphatic heterocycles. The molecule has 108 valence electrons. The summed E-state index contributed by atoms with van der Waals surface area (Å²) in [4.78, 5) is 11.9. The molecule has 2 aromatic carbocycles. The standard InChI is InChI=1S/C17H14ClFO2/c18-13-5-6-15(19)12(9-13)10-17(16(20)21)8-7-11-3-1-2-4-14(11)17/h1-6,9H,7-8,10H2,(H,20,21). The van der Waals surface area contributed by atoms with Crippen LogP contribution in [0.15, 0.2) is 42.5 Å². The number of carboxylic acids is 1. The molecule has 0 saturated heterocycles. The molecule has 1 aliphatic carbocycles. The molecule has 0 amide bonds. The fourth-order valence-electron chi connectivity index (χ4n) is 3.17. The number of aryl methyl sites for hydroxylation is 1. The predicted molar refractivity (Wildman–Crippen MR) is 79.2 cm³/mol. The highest BCUT2D eigenvalue weighted by atomic mass is 35.5. The summed E-state index contributed by atoms with van der Waals surface area (Å²) in [6, 6.07) is 11.8. The SMILES string of the molecule is O=C(O)C1(Cc2cc(Cl)ccc2F)CCc2ccccc21. The van der Waals surface area contributed by atoms with Gasteiger partial charge < -0.3 is 5.11 Å². The minimum Gasteiger partial charge on any atom is -0.481 e. The van der Waals surface area contributed by atoms with Crippen molar-refractivity contribution in [2.24, 2.45) is 0 Å². The Kier molecular flexibility index (Phi) is 3.46. The summed E-state index contributed by atoms with van der Waals surface area (Å²) in [6.07, 6.45) is 1.30. The molecule has 2 nitrogen and oxygen atoms in total. The lowest BCUT2D eigenvalue weighted by molar-refractivity contribution is -0.143. The molecule has 0 bridgehead atoms. The highest BCUT2D eigenvalue weighted by Crippen LogP contribution is 2.42. The zero-order valence-electron chi connectivity index (χ0n) is 11.3. The third kappa shape index (κ3) is 2.32. The van der Waals surface area contributed by atoms with Gasteiger partial charge in [-0.15, -0.1) is 0 Å². The van der Waals surface area contributed by atoms with Gasteiger partial charge in [-0.05, 0) is 54.2 Å². The molecule has 0 fully saturated rings. The molecule has 0 heterocycles. The van der Waals surface area contributed by atoms with E-state index in [1.807, 2.05) is 24.3 Å². The first-order valence-electron chi connectivity index (χ1n) is 6.79. The zero-order valence-corrected chi connectivity index (χ0v) is 12.0. The maximum atomic E-state index is 14.0. The van der Waals surface area contributed by atoms with Crippen LogP contribution in [-0.2, 0) is 23.1 Å². The molecule has 4 heteroatoms. The van der Waals surface area contributed by atoms with Crippen LogP contribution in [0.4, 0.5) is 4.39 Å². The van der Waals surface area contributed by atoms with Gasteiger partial charge in [0.2, 0.25) is 0 Å². The third-order valence-electron chi connectivity index (χ3n) is 4.26. The Hall–Kier alpha value is -1.87. The maximum absolute atomic E-state index is 14.0.